The molecule has 0 aromatic heterocycles. The minimum Gasteiger partial charge on any atom is -0.466 e. The van der Waals surface area contributed by atoms with E-state index in [-0.39, 0.29) is 17.8 Å². The van der Waals surface area contributed by atoms with Crippen LogP contribution in [0.2, 0.25) is 0 Å². The van der Waals surface area contributed by atoms with Gasteiger partial charge in [-0.1, -0.05) is 37.3 Å². The van der Waals surface area contributed by atoms with Crippen molar-refractivity contribution >= 4 is 5.97 Å². The number of carbonyl (C=O) groups is 1. The summed E-state index contributed by atoms with van der Waals surface area (Å²) in [5.74, 6) is 2.27. The molecule has 17 heavy (non-hydrogen) atoms. The summed E-state index contributed by atoms with van der Waals surface area (Å²) in [5, 5.41) is 0. The van der Waals surface area contributed by atoms with E-state index in [1.807, 2.05) is 44.2 Å². The van der Waals surface area contributed by atoms with Crippen LogP contribution in [-0.2, 0) is 9.53 Å². The van der Waals surface area contributed by atoms with E-state index in [0.717, 1.165) is 5.56 Å². The minimum atomic E-state index is -0.214. The van der Waals surface area contributed by atoms with Crippen LogP contribution in [0.3, 0.4) is 0 Å². The SMILES string of the molecule is C#CC[C@H](c1ccccc1)[C@@H](C)C(=O)OCC. The van der Waals surface area contributed by atoms with Crippen molar-refractivity contribution in [3.63, 3.8) is 0 Å². The normalized spacial score (nSPS) is 13.5. The molecule has 1 aromatic carbocycles. The molecule has 90 valence electrons. The summed E-state index contributed by atoms with van der Waals surface area (Å²) in [5.41, 5.74) is 1.09. The van der Waals surface area contributed by atoms with Crippen LogP contribution in [0.5, 0.6) is 0 Å². The number of terminal acetylenes is 1. The Bertz CT molecular complexity index is 389. The largest absolute Gasteiger partial charge is 0.466 e. The van der Waals surface area contributed by atoms with E-state index in [0.29, 0.717) is 13.0 Å². The maximum absolute atomic E-state index is 11.7. The lowest BCUT2D eigenvalue weighted by Crippen LogP contribution is -2.21. The second kappa shape index (κ2) is 6.75. The lowest BCUT2D eigenvalue weighted by atomic mass is 9.85. The third-order valence-corrected chi connectivity index (χ3v) is 2.83. The van der Waals surface area contributed by atoms with Gasteiger partial charge in [0.15, 0.2) is 0 Å². The smallest absolute Gasteiger partial charge is 0.309 e. The molecule has 0 spiro atoms. The molecule has 2 nitrogen and oxygen atoms in total. The standard InChI is InChI=1S/C15H18O2/c1-4-9-14(12(3)15(16)17-5-2)13-10-7-6-8-11-13/h1,6-8,10-12,14H,5,9H2,2-3H3/t12-,14+/m1/s1. The van der Waals surface area contributed by atoms with Gasteiger partial charge in [-0.25, -0.2) is 0 Å². The first-order valence-electron chi connectivity index (χ1n) is 5.85. The number of benzene rings is 1. The van der Waals surface area contributed by atoms with Crippen LogP contribution in [-0.4, -0.2) is 12.6 Å². The van der Waals surface area contributed by atoms with Crippen molar-refractivity contribution in [1.82, 2.24) is 0 Å². The molecule has 2 heteroatoms. The Morgan fingerprint density at radius 3 is 2.59 bits per heavy atom. The topological polar surface area (TPSA) is 26.3 Å². The molecule has 0 saturated heterocycles. The molecule has 0 aliphatic rings. The van der Waals surface area contributed by atoms with Crippen molar-refractivity contribution in [2.75, 3.05) is 6.61 Å². The van der Waals surface area contributed by atoms with Crippen molar-refractivity contribution in [2.24, 2.45) is 5.92 Å². The van der Waals surface area contributed by atoms with E-state index < -0.39 is 0 Å². The van der Waals surface area contributed by atoms with Crippen LogP contribution in [0.4, 0.5) is 0 Å². The highest BCUT2D eigenvalue weighted by Crippen LogP contribution is 2.28. The number of hydrogen-bond donors (Lipinski definition) is 0. The summed E-state index contributed by atoms with van der Waals surface area (Å²) in [4.78, 5) is 11.7. The molecule has 0 heterocycles. The molecule has 2 atom stereocenters. The van der Waals surface area contributed by atoms with Gasteiger partial charge in [-0.05, 0) is 12.5 Å². The van der Waals surface area contributed by atoms with Gasteiger partial charge in [0.2, 0.25) is 0 Å². The Balaban J connectivity index is 2.87. The lowest BCUT2D eigenvalue weighted by molar-refractivity contribution is -0.148. The molecule has 0 unspecified atom stereocenters. The Morgan fingerprint density at radius 1 is 1.41 bits per heavy atom. The van der Waals surface area contributed by atoms with Crippen LogP contribution >= 0.6 is 0 Å². The fraction of sp³-hybridized carbons (Fsp3) is 0.400. The van der Waals surface area contributed by atoms with Gasteiger partial charge in [0, 0.05) is 12.3 Å². The van der Waals surface area contributed by atoms with E-state index in [2.05, 4.69) is 5.92 Å². The van der Waals surface area contributed by atoms with Gasteiger partial charge in [0.05, 0.1) is 12.5 Å². The van der Waals surface area contributed by atoms with E-state index in [4.69, 9.17) is 11.2 Å². The highest BCUT2D eigenvalue weighted by atomic mass is 16.5. The third-order valence-electron chi connectivity index (χ3n) is 2.83. The van der Waals surface area contributed by atoms with Crippen molar-refractivity contribution < 1.29 is 9.53 Å². The summed E-state index contributed by atoms with van der Waals surface area (Å²) in [6, 6.07) is 9.86. The zero-order chi connectivity index (χ0) is 12.7. The van der Waals surface area contributed by atoms with Crippen LogP contribution in [0.15, 0.2) is 30.3 Å². The van der Waals surface area contributed by atoms with E-state index in [9.17, 15) is 4.79 Å². The van der Waals surface area contributed by atoms with Crippen LogP contribution in [0, 0.1) is 18.3 Å². The summed E-state index contributed by atoms with van der Waals surface area (Å²) in [6.07, 6.45) is 5.92. The molecule has 1 aromatic rings. The van der Waals surface area contributed by atoms with Crippen molar-refractivity contribution in [2.45, 2.75) is 26.2 Å². The first-order valence-corrected chi connectivity index (χ1v) is 5.85. The molecule has 0 aliphatic heterocycles. The summed E-state index contributed by atoms with van der Waals surface area (Å²) in [7, 11) is 0. The monoisotopic (exact) mass is 230 g/mol. The third kappa shape index (κ3) is 3.64. The Kier molecular flexibility index (Phi) is 5.29. The zero-order valence-electron chi connectivity index (χ0n) is 10.3. The first kappa shape index (κ1) is 13.3. The molecular weight excluding hydrogens is 212 g/mol. The highest BCUT2D eigenvalue weighted by molar-refractivity contribution is 5.73. The van der Waals surface area contributed by atoms with Gasteiger partial charge in [-0.3, -0.25) is 4.79 Å². The average molecular weight is 230 g/mol. The van der Waals surface area contributed by atoms with Crippen molar-refractivity contribution in [3.8, 4) is 12.3 Å². The molecular formula is C15H18O2. The van der Waals surface area contributed by atoms with Gasteiger partial charge in [-0.15, -0.1) is 12.3 Å². The Labute approximate surface area is 103 Å². The predicted octanol–water partition coefficient (Wildman–Crippen LogP) is 2.99. The molecule has 0 saturated carbocycles. The quantitative estimate of drug-likeness (QED) is 0.574. The number of ether oxygens (including phenoxy) is 1. The molecule has 0 radical (unpaired) electrons. The molecule has 0 amide bonds. The second-order valence-electron chi connectivity index (χ2n) is 3.97. The zero-order valence-corrected chi connectivity index (χ0v) is 10.3. The fourth-order valence-electron chi connectivity index (χ4n) is 1.85. The number of carbonyl (C=O) groups excluding carboxylic acids is 1. The molecule has 0 bridgehead atoms. The lowest BCUT2D eigenvalue weighted by Gasteiger charge is -2.21. The van der Waals surface area contributed by atoms with Gasteiger partial charge in [0.25, 0.3) is 0 Å². The Hall–Kier alpha value is -1.75. The number of hydrogen-bond acceptors (Lipinski definition) is 2. The van der Waals surface area contributed by atoms with Crippen LogP contribution < -0.4 is 0 Å². The number of esters is 1. The van der Waals surface area contributed by atoms with E-state index in [1.54, 1.807) is 0 Å². The number of rotatable bonds is 5. The minimum absolute atomic E-state index is 0.0280. The molecule has 0 N–H and O–H groups in total. The van der Waals surface area contributed by atoms with Crippen molar-refractivity contribution in [1.29, 1.82) is 0 Å². The summed E-state index contributed by atoms with van der Waals surface area (Å²) < 4.78 is 5.04. The van der Waals surface area contributed by atoms with E-state index >= 15 is 0 Å². The maximum Gasteiger partial charge on any atom is 0.309 e. The van der Waals surface area contributed by atoms with Gasteiger partial charge < -0.3 is 4.74 Å². The molecule has 0 aliphatic carbocycles. The first-order chi connectivity index (χ1) is 8.20. The highest BCUT2D eigenvalue weighted by Gasteiger charge is 2.25. The maximum atomic E-state index is 11.7. The summed E-state index contributed by atoms with van der Waals surface area (Å²) >= 11 is 0. The second-order valence-corrected chi connectivity index (χ2v) is 3.97. The Morgan fingerprint density at radius 2 is 2.06 bits per heavy atom. The van der Waals surface area contributed by atoms with Crippen LogP contribution in [0.1, 0.15) is 31.7 Å². The molecule has 1 rings (SSSR count). The van der Waals surface area contributed by atoms with Gasteiger partial charge >= 0.3 is 5.97 Å². The van der Waals surface area contributed by atoms with Gasteiger partial charge in [-0.2, -0.15) is 0 Å². The summed E-state index contributed by atoms with van der Waals surface area (Å²) in [6.45, 7) is 4.08. The molecule has 0 fully saturated rings. The van der Waals surface area contributed by atoms with Crippen LogP contribution in [0.25, 0.3) is 0 Å². The van der Waals surface area contributed by atoms with E-state index in [1.165, 1.54) is 0 Å². The predicted molar refractivity (Wildman–Crippen MR) is 68.4 cm³/mol. The fourth-order valence-corrected chi connectivity index (χ4v) is 1.85. The van der Waals surface area contributed by atoms with Gasteiger partial charge in [0.1, 0.15) is 0 Å². The average Bonchev–Trinajstić information content (AvgIpc) is 2.36. The van der Waals surface area contributed by atoms with Crippen molar-refractivity contribution in [3.05, 3.63) is 35.9 Å².